The zero-order chi connectivity index (χ0) is 15.2. The molecule has 0 bridgehead atoms. The fourth-order valence-electron chi connectivity index (χ4n) is 1.75. The van der Waals surface area contributed by atoms with Crippen LogP contribution >= 0.6 is 11.6 Å². The Hall–Kier alpha value is -2.20. The van der Waals surface area contributed by atoms with E-state index in [2.05, 4.69) is 5.32 Å². The van der Waals surface area contributed by atoms with Gasteiger partial charge in [0, 0.05) is 5.02 Å². The molecular formula is C16H16ClNO3. The number of rotatable bonds is 5. The quantitative estimate of drug-likeness (QED) is 0.915. The van der Waals surface area contributed by atoms with E-state index < -0.39 is 6.10 Å². The molecule has 0 fully saturated rings. The maximum absolute atomic E-state index is 12.1. The molecule has 4 nitrogen and oxygen atoms in total. The van der Waals surface area contributed by atoms with Crippen molar-refractivity contribution < 1.29 is 14.3 Å². The first-order valence-corrected chi connectivity index (χ1v) is 6.84. The van der Waals surface area contributed by atoms with E-state index in [1.165, 1.54) is 0 Å². The number of anilines is 1. The van der Waals surface area contributed by atoms with E-state index in [-0.39, 0.29) is 5.91 Å². The molecule has 0 heterocycles. The highest BCUT2D eigenvalue weighted by Crippen LogP contribution is 2.23. The van der Waals surface area contributed by atoms with Gasteiger partial charge in [-0.2, -0.15) is 0 Å². The smallest absolute Gasteiger partial charge is 0.265 e. The molecule has 1 atom stereocenters. The van der Waals surface area contributed by atoms with Crippen LogP contribution in [0.2, 0.25) is 5.02 Å². The summed E-state index contributed by atoms with van der Waals surface area (Å²) in [5, 5.41) is 3.40. The number of hydrogen-bond donors (Lipinski definition) is 1. The van der Waals surface area contributed by atoms with Gasteiger partial charge in [-0.15, -0.1) is 0 Å². The first-order chi connectivity index (χ1) is 10.1. The Balaban J connectivity index is 2.01. The number of hydrogen-bond acceptors (Lipinski definition) is 3. The van der Waals surface area contributed by atoms with Gasteiger partial charge in [0.1, 0.15) is 11.5 Å². The normalized spacial score (nSPS) is 11.6. The van der Waals surface area contributed by atoms with Gasteiger partial charge in [-0.25, -0.2) is 0 Å². The summed E-state index contributed by atoms with van der Waals surface area (Å²) < 4.78 is 10.8. The highest BCUT2D eigenvalue weighted by Gasteiger charge is 2.16. The SMILES string of the molecule is COc1ccccc1NC(=O)[C@H](C)Oc1ccc(Cl)cc1. The molecule has 1 N–H and O–H groups in total. The van der Waals surface area contributed by atoms with Crippen molar-refractivity contribution in [1.29, 1.82) is 0 Å². The summed E-state index contributed by atoms with van der Waals surface area (Å²) >= 11 is 5.80. The first kappa shape index (κ1) is 15.2. The lowest BCUT2D eigenvalue weighted by molar-refractivity contribution is -0.122. The summed E-state index contributed by atoms with van der Waals surface area (Å²) in [7, 11) is 1.55. The van der Waals surface area contributed by atoms with Gasteiger partial charge in [0.2, 0.25) is 0 Å². The summed E-state index contributed by atoms with van der Waals surface area (Å²) in [6.07, 6.45) is -0.643. The number of halogens is 1. The number of para-hydroxylation sites is 2. The Morgan fingerprint density at radius 1 is 1.14 bits per heavy atom. The molecule has 0 saturated heterocycles. The van der Waals surface area contributed by atoms with Gasteiger partial charge in [-0.05, 0) is 43.3 Å². The molecule has 0 aromatic heterocycles. The van der Waals surface area contributed by atoms with Crippen molar-refractivity contribution in [3.8, 4) is 11.5 Å². The number of amides is 1. The third kappa shape index (κ3) is 4.13. The van der Waals surface area contributed by atoms with Crippen molar-refractivity contribution in [3.63, 3.8) is 0 Å². The maximum atomic E-state index is 12.1. The van der Waals surface area contributed by atoms with Gasteiger partial charge in [-0.3, -0.25) is 4.79 Å². The minimum atomic E-state index is -0.643. The molecule has 0 aliphatic heterocycles. The number of carbonyl (C=O) groups is 1. The van der Waals surface area contributed by atoms with E-state index in [1.54, 1.807) is 50.4 Å². The Labute approximate surface area is 128 Å². The lowest BCUT2D eigenvalue weighted by atomic mass is 10.2. The van der Waals surface area contributed by atoms with Crippen LogP contribution in [0.15, 0.2) is 48.5 Å². The van der Waals surface area contributed by atoms with Crippen molar-refractivity contribution in [3.05, 3.63) is 53.6 Å². The Morgan fingerprint density at radius 2 is 1.81 bits per heavy atom. The fraction of sp³-hybridized carbons (Fsp3) is 0.188. The zero-order valence-corrected chi connectivity index (χ0v) is 12.6. The molecule has 0 unspecified atom stereocenters. The molecule has 110 valence electrons. The second-order valence-corrected chi connectivity index (χ2v) is 4.84. The molecule has 0 spiro atoms. The molecule has 0 aliphatic rings. The van der Waals surface area contributed by atoms with Crippen LogP contribution in [-0.2, 0) is 4.79 Å². The molecule has 0 saturated carbocycles. The van der Waals surface area contributed by atoms with Crippen molar-refractivity contribution in [1.82, 2.24) is 0 Å². The van der Waals surface area contributed by atoms with Gasteiger partial charge in [0.25, 0.3) is 5.91 Å². The van der Waals surface area contributed by atoms with Gasteiger partial charge in [0.05, 0.1) is 12.8 Å². The second-order valence-electron chi connectivity index (χ2n) is 4.40. The van der Waals surface area contributed by atoms with Crippen molar-refractivity contribution >= 4 is 23.2 Å². The summed E-state index contributed by atoms with van der Waals surface area (Å²) in [5.74, 6) is 0.932. The van der Waals surface area contributed by atoms with E-state index in [4.69, 9.17) is 21.1 Å². The zero-order valence-electron chi connectivity index (χ0n) is 11.8. The Morgan fingerprint density at radius 3 is 2.48 bits per heavy atom. The summed E-state index contributed by atoms with van der Waals surface area (Å²) in [5.41, 5.74) is 0.608. The van der Waals surface area contributed by atoms with Crippen molar-refractivity contribution in [2.75, 3.05) is 12.4 Å². The first-order valence-electron chi connectivity index (χ1n) is 6.46. The van der Waals surface area contributed by atoms with Gasteiger partial charge < -0.3 is 14.8 Å². The van der Waals surface area contributed by atoms with E-state index >= 15 is 0 Å². The lowest BCUT2D eigenvalue weighted by Crippen LogP contribution is -2.30. The van der Waals surface area contributed by atoms with Crippen LogP contribution in [0.1, 0.15) is 6.92 Å². The summed E-state index contributed by atoms with van der Waals surface area (Å²) in [6, 6.07) is 14.1. The topological polar surface area (TPSA) is 47.6 Å². The molecule has 0 radical (unpaired) electrons. The average Bonchev–Trinajstić information content (AvgIpc) is 2.50. The molecule has 0 aliphatic carbocycles. The molecule has 21 heavy (non-hydrogen) atoms. The van der Waals surface area contributed by atoms with Crippen LogP contribution in [-0.4, -0.2) is 19.1 Å². The van der Waals surface area contributed by atoms with Gasteiger partial charge >= 0.3 is 0 Å². The van der Waals surface area contributed by atoms with Crippen molar-refractivity contribution in [2.45, 2.75) is 13.0 Å². The lowest BCUT2D eigenvalue weighted by Gasteiger charge is -2.16. The Bertz CT molecular complexity index is 613. The van der Waals surface area contributed by atoms with Gasteiger partial charge in [0.15, 0.2) is 6.10 Å². The van der Waals surface area contributed by atoms with Gasteiger partial charge in [-0.1, -0.05) is 23.7 Å². The van der Waals surface area contributed by atoms with Crippen molar-refractivity contribution in [2.24, 2.45) is 0 Å². The van der Waals surface area contributed by atoms with E-state index in [0.29, 0.717) is 22.2 Å². The molecule has 2 rings (SSSR count). The molecular weight excluding hydrogens is 290 g/mol. The number of carbonyl (C=O) groups excluding carboxylic acids is 1. The average molecular weight is 306 g/mol. The number of nitrogens with one attached hydrogen (secondary N) is 1. The standard InChI is InChI=1S/C16H16ClNO3/c1-11(21-13-9-7-12(17)8-10-13)16(19)18-14-5-3-4-6-15(14)20-2/h3-11H,1-2H3,(H,18,19)/t11-/m0/s1. The number of methoxy groups -OCH3 is 1. The molecule has 2 aromatic carbocycles. The van der Waals surface area contributed by atoms with Crippen LogP contribution in [0, 0.1) is 0 Å². The van der Waals surface area contributed by atoms with Crippen LogP contribution < -0.4 is 14.8 Å². The summed E-state index contributed by atoms with van der Waals surface area (Å²) in [4.78, 5) is 12.1. The minimum Gasteiger partial charge on any atom is -0.495 e. The van der Waals surface area contributed by atoms with E-state index in [0.717, 1.165) is 0 Å². The minimum absolute atomic E-state index is 0.255. The van der Waals surface area contributed by atoms with E-state index in [1.807, 2.05) is 12.1 Å². The maximum Gasteiger partial charge on any atom is 0.265 e. The Kier molecular flexibility index (Phi) is 5.06. The van der Waals surface area contributed by atoms with Crippen LogP contribution in [0.25, 0.3) is 0 Å². The monoisotopic (exact) mass is 305 g/mol. The number of benzene rings is 2. The molecule has 2 aromatic rings. The molecule has 5 heteroatoms. The number of ether oxygens (including phenoxy) is 2. The second kappa shape index (κ2) is 6.99. The third-order valence-electron chi connectivity index (χ3n) is 2.86. The van der Waals surface area contributed by atoms with Crippen LogP contribution in [0.4, 0.5) is 5.69 Å². The van der Waals surface area contributed by atoms with Crippen LogP contribution in [0.3, 0.4) is 0 Å². The molecule has 1 amide bonds. The largest absolute Gasteiger partial charge is 0.495 e. The summed E-state index contributed by atoms with van der Waals surface area (Å²) in [6.45, 7) is 1.68. The third-order valence-corrected chi connectivity index (χ3v) is 3.11. The highest BCUT2D eigenvalue weighted by atomic mass is 35.5. The fourth-order valence-corrected chi connectivity index (χ4v) is 1.88. The van der Waals surface area contributed by atoms with Crippen LogP contribution in [0.5, 0.6) is 11.5 Å². The highest BCUT2D eigenvalue weighted by molar-refractivity contribution is 6.30. The van der Waals surface area contributed by atoms with E-state index in [9.17, 15) is 4.79 Å². The predicted molar refractivity (Wildman–Crippen MR) is 83.2 cm³/mol. The predicted octanol–water partition coefficient (Wildman–Crippen LogP) is 3.75.